The van der Waals surface area contributed by atoms with Crippen molar-refractivity contribution in [3.05, 3.63) is 0 Å². The Kier molecular flexibility index (Phi) is 5.34. The van der Waals surface area contributed by atoms with E-state index in [9.17, 15) is 13.2 Å². The fourth-order valence-electron chi connectivity index (χ4n) is 1.02. The molecule has 1 atom stereocenters. The molecule has 1 unspecified atom stereocenters. The average molecular weight is 182 g/mol. The first-order valence-electron chi connectivity index (χ1n) is 4.52. The molecular weight excluding hydrogens is 165 g/mol. The zero-order valence-electron chi connectivity index (χ0n) is 7.75. The zero-order valence-corrected chi connectivity index (χ0v) is 7.75. The van der Waals surface area contributed by atoms with Gasteiger partial charge in [0.1, 0.15) is 0 Å². The molecule has 0 saturated carbocycles. The maximum Gasteiger partial charge on any atom is 0.389 e. The lowest BCUT2D eigenvalue weighted by Gasteiger charge is -2.08. The Bertz CT molecular complexity index is 107. The molecule has 12 heavy (non-hydrogen) atoms. The highest BCUT2D eigenvalue weighted by Gasteiger charge is 2.25. The van der Waals surface area contributed by atoms with Crippen LogP contribution in [0.2, 0.25) is 0 Å². The second-order valence-electron chi connectivity index (χ2n) is 3.37. The third-order valence-corrected chi connectivity index (χ3v) is 2.10. The van der Waals surface area contributed by atoms with Crippen molar-refractivity contribution >= 4 is 0 Å². The van der Waals surface area contributed by atoms with Gasteiger partial charge in [0.2, 0.25) is 0 Å². The molecule has 0 aliphatic rings. The third kappa shape index (κ3) is 7.89. The fourth-order valence-corrected chi connectivity index (χ4v) is 1.02. The monoisotopic (exact) mass is 182 g/mol. The van der Waals surface area contributed by atoms with E-state index in [4.69, 9.17) is 0 Å². The predicted molar refractivity (Wildman–Crippen MR) is 44.0 cm³/mol. The Morgan fingerprint density at radius 1 is 1.17 bits per heavy atom. The van der Waals surface area contributed by atoms with Gasteiger partial charge >= 0.3 is 6.18 Å². The first kappa shape index (κ1) is 11.8. The Morgan fingerprint density at radius 2 is 1.75 bits per heavy atom. The molecule has 0 saturated heterocycles. The van der Waals surface area contributed by atoms with Crippen molar-refractivity contribution in [3.63, 3.8) is 0 Å². The summed E-state index contributed by atoms with van der Waals surface area (Å²) in [5.41, 5.74) is 0. The van der Waals surface area contributed by atoms with Gasteiger partial charge in [-0.15, -0.1) is 0 Å². The van der Waals surface area contributed by atoms with E-state index in [2.05, 4.69) is 13.8 Å². The van der Waals surface area contributed by atoms with E-state index in [1.807, 2.05) is 0 Å². The summed E-state index contributed by atoms with van der Waals surface area (Å²) in [6, 6.07) is 0. The number of hydrogen-bond acceptors (Lipinski definition) is 0. The largest absolute Gasteiger partial charge is 0.389 e. The quantitative estimate of drug-likeness (QED) is 0.560. The van der Waals surface area contributed by atoms with E-state index < -0.39 is 12.6 Å². The number of halogens is 3. The highest BCUT2D eigenvalue weighted by Crippen LogP contribution is 2.23. The summed E-state index contributed by atoms with van der Waals surface area (Å²) in [5, 5.41) is 0. The van der Waals surface area contributed by atoms with Crippen LogP contribution in [0.25, 0.3) is 0 Å². The Hall–Kier alpha value is -0.210. The van der Waals surface area contributed by atoms with Crippen LogP contribution in [0.4, 0.5) is 13.2 Å². The number of alkyl halides is 3. The van der Waals surface area contributed by atoms with Crippen LogP contribution in [-0.4, -0.2) is 6.18 Å². The minimum atomic E-state index is -3.96. The molecule has 0 spiro atoms. The van der Waals surface area contributed by atoms with Gasteiger partial charge in [-0.2, -0.15) is 13.2 Å². The molecule has 0 N–H and O–H groups in total. The van der Waals surface area contributed by atoms with Crippen molar-refractivity contribution in [3.8, 4) is 0 Å². The fraction of sp³-hybridized carbons (Fsp3) is 1.00. The summed E-state index contributed by atoms with van der Waals surface area (Å²) in [6.07, 6.45) is -1.61. The van der Waals surface area contributed by atoms with Crippen LogP contribution in [0, 0.1) is 5.92 Å². The van der Waals surface area contributed by atoms with Gasteiger partial charge in [-0.3, -0.25) is 0 Å². The van der Waals surface area contributed by atoms with Crippen molar-refractivity contribution in [2.24, 2.45) is 5.92 Å². The molecule has 0 aromatic rings. The molecule has 3 heteroatoms. The van der Waals surface area contributed by atoms with Gasteiger partial charge in [0.15, 0.2) is 0 Å². The zero-order chi connectivity index (χ0) is 9.61. The molecule has 0 nitrogen and oxygen atoms in total. The van der Waals surface area contributed by atoms with Crippen LogP contribution >= 0.6 is 0 Å². The van der Waals surface area contributed by atoms with Crippen LogP contribution in [-0.2, 0) is 0 Å². The minimum absolute atomic E-state index is 0.286. The van der Waals surface area contributed by atoms with Gasteiger partial charge in [0, 0.05) is 6.42 Å². The molecule has 0 aromatic carbocycles. The molecule has 0 bridgehead atoms. The Labute approximate surface area is 72.2 Å². The summed E-state index contributed by atoms with van der Waals surface area (Å²) >= 11 is 0. The number of unbranched alkanes of at least 4 members (excludes halogenated alkanes) is 1. The molecule has 0 aliphatic heterocycles. The summed E-state index contributed by atoms with van der Waals surface area (Å²) in [4.78, 5) is 0. The molecule has 0 radical (unpaired) electrons. The van der Waals surface area contributed by atoms with Crippen LogP contribution in [0.3, 0.4) is 0 Å². The second kappa shape index (κ2) is 5.44. The molecule has 74 valence electrons. The lowest BCUT2D eigenvalue weighted by Crippen LogP contribution is -2.06. The summed E-state index contributed by atoms with van der Waals surface area (Å²) in [5.74, 6) is 0.568. The highest BCUT2D eigenvalue weighted by molar-refractivity contribution is 4.54. The molecule has 0 rings (SSSR count). The van der Waals surface area contributed by atoms with Gasteiger partial charge in [-0.25, -0.2) is 0 Å². The highest BCUT2D eigenvalue weighted by atomic mass is 19.4. The number of hydrogen-bond donors (Lipinski definition) is 0. The van der Waals surface area contributed by atoms with Crippen molar-refractivity contribution in [1.29, 1.82) is 0 Å². The van der Waals surface area contributed by atoms with E-state index in [1.165, 1.54) is 0 Å². The topological polar surface area (TPSA) is 0 Å². The first-order valence-corrected chi connectivity index (χ1v) is 4.52. The van der Waals surface area contributed by atoms with Crippen molar-refractivity contribution in [2.75, 3.05) is 0 Å². The molecule has 0 heterocycles. The average Bonchev–Trinajstić information content (AvgIpc) is 1.96. The standard InChI is InChI=1S/C9H17F3/c1-3-8(2)6-4-5-7-9(10,11)12/h8H,3-7H2,1-2H3. The molecular formula is C9H17F3. The van der Waals surface area contributed by atoms with Crippen molar-refractivity contribution < 1.29 is 13.2 Å². The van der Waals surface area contributed by atoms with E-state index in [1.54, 1.807) is 0 Å². The van der Waals surface area contributed by atoms with E-state index >= 15 is 0 Å². The van der Waals surface area contributed by atoms with Gasteiger partial charge < -0.3 is 0 Å². The van der Waals surface area contributed by atoms with Crippen LogP contribution < -0.4 is 0 Å². The number of rotatable bonds is 5. The summed E-state index contributed by atoms with van der Waals surface area (Å²) in [6.45, 7) is 4.14. The first-order chi connectivity index (χ1) is 5.45. The normalized spacial score (nSPS) is 14.8. The third-order valence-electron chi connectivity index (χ3n) is 2.10. The second-order valence-corrected chi connectivity index (χ2v) is 3.37. The smallest absolute Gasteiger partial charge is 0.171 e. The lowest BCUT2D eigenvalue weighted by molar-refractivity contribution is -0.135. The van der Waals surface area contributed by atoms with Crippen LogP contribution in [0.15, 0.2) is 0 Å². The van der Waals surface area contributed by atoms with Crippen LogP contribution in [0.5, 0.6) is 0 Å². The Morgan fingerprint density at radius 3 is 2.17 bits per heavy atom. The van der Waals surface area contributed by atoms with Gasteiger partial charge in [0.05, 0.1) is 0 Å². The molecule has 0 fully saturated rings. The van der Waals surface area contributed by atoms with Gasteiger partial charge in [0.25, 0.3) is 0 Å². The molecule has 0 aromatic heterocycles. The predicted octanol–water partition coefficient (Wildman–Crippen LogP) is 4.16. The van der Waals surface area contributed by atoms with E-state index in [0.29, 0.717) is 12.3 Å². The Balaban J connectivity index is 3.22. The summed E-state index contributed by atoms with van der Waals surface area (Å²) < 4.78 is 35.0. The van der Waals surface area contributed by atoms with E-state index in [-0.39, 0.29) is 6.42 Å². The van der Waals surface area contributed by atoms with Crippen LogP contribution in [0.1, 0.15) is 46.0 Å². The summed E-state index contributed by atoms with van der Waals surface area (Å²) in [7, 11) is 0. The SMILES string of the molecule is CCC(C)CCCCC(F)(F)F. The minimum Gasteiger partial charge on any atom is -0.171 e. The van der Waals surface area contributed by atoms with Gasteiger partial charge in [-0.05, 0) is 12.3 Å². The maximum absolute atomic E-state index is 11.7. The van der Waals surface area contributed by atoms with Gasteiger partial charge in [-0.1, -0.05) is 33.1 Å². The van der Waals surface area contributed by atoms with Crippen molar-refractivity contribution in [2.45, 2.75) is 52.1 Å². The van der Waals surface area contributed by atoms with Crippen molar-refractivity contribution in [1.82, 2.24) is 0 Å². The molecule has 0 amide bonds. The molecule has 0 aliphatic carbocycles. The maximum atomic E-state index is 11.7. The lowest BCUT2D eigenvalue weighted by atomic mass is 10.0. The van der Waals surface area contributed by atoms with E-state index in [0.717, 1.165) is 12.8 Å².